The number of hydrogen-bond donors (Lipinski definition) is 1. The van der Waals surface area contributed by atoms with Gasteiger partial charge in [-0.25, -0.2) is 4.68 Å². The van der Waals surface area contributed by atoms with Gasteiger partial charge < -0.3 is 10.2 Å². The summed E-state index contributed by atoms with van der Waals surface area (Å²) in [6.07, 6.45) is 1.39. The minimum Gasteiger partial charge on any atom is -0.345 e. The number of anilines is 1. The quantitative estimate of drug-likeness (QED) is 0.433. The Morgan fingerprint density at radius 2 is 1.84 bits per heavy atom. The summed E-state index contributed by atoms with van der Waals surface area (Å²) in [5, 5.41) is 17.4. The van der Waals surface area contributed by atoms with Gasteiger partial charge in [-0.3, -0.25) is 9.59 Å². The van der Waals surface area contributed by atoms with Crippen LogP contribution < -0.4 is 5.32 Å². The molecule has 3 rings (SSSR count). The first-order chi connectivity index (χ1) is 15.2. The third-order valence-corrected chi connectivity index (χ3v) is 5.15. The van der Waals surface area contributed by atoms with Gasteiger partial charge in [0.15, 0.2) is 0 Å². The van der Waals surface area contributed by atoms with E-state index >= 15 is 0 Å². The number of amides is 2. The maximum absolute atomic E-state index is 12.7. The van der Waals surface area contributed by atoms with Gasteiger partial charge in [-0.15, -0.1) is 0 Å². The number of rotatable bonds is 5. The molecule has 0 bridgehead atoms. The largest absolute Gasteiger partial charge is 0.345 e. The van der Waals surface area contributed by atoms with E-state index in [2.05, 4.69) is 10.4 Å². The Bertz CT molecular complexity index is 1250. The van der Waals surface area contributed by atoms with E-state index in [1.165, 1.54) is 15.7 Å². The topological polar surface area (TPSA) is 91.0 Å². The normalized spacial score (nSPS) is 11.1. The molecule has 162 valence electrons. The van der Waals surface area contributed by atoms with E-state index < -0.39 is 5.91 Å². The lowest BCUT2D eigenvalue weighted by atomic mass is 10.1. The standard InChI is InChI=1S/C23H19Cl2N5O2/c1-14-20(21(25)30(28-14)19-6-4-5-17(24)12-19)11-16(13-26)22(31)27-18-9-7-15(8-10-18)23(32)29(2)3/h4-12H,1-3H3,(H,27,31)/b16-11+. The van der Waals surface area contributed by atoms with Crippen molar-refractivity contribution in [3.8, 4) is 11.8 Å². The summed E-state index contributed by atoms with van der Waals surface area (Å²) in [6.45, 7) is 1.73. The Balaban J connectivity index is 1.85. The molecule has 0 unspecified atom stereocenters. The van der Waals surface area contributed by atoms with Crippen molar-refractivity contribution >= 4 is 46.8 Å². The highest BCUT2D eigenvalue weighted by Crippen LogP contribution is 2.27. The molecule has 0 saturated heterocycles. The summed E-state index contributed by atoms with van der Waals surface area (Å²) in [5.41, 5.74) is 2.44. The van der Waals surface area contributed by atoms with E-state index in [1.54, 1.807) is 69.6 Å². The lowest BCUT2D eigenvalue weighted by Crippen LogP contribution is -2.21. The number of benzene rings is 2. The van der Waals surface area contributed by atoms with E-state index in [-0.39, 0.29) is 16.6 Å². The molecule has 1 N–H and O–H groups in total. The Morgan fingerprint density at radius 3 is 2.44 bits per heavy atom. The number of aromatic nitrogens is 2. The first kappa shape index (κ1) is 23.1. The fraction of sp³-hybridized carbons (Fsp3) is 0.130. The third-order valence-electron chi connectivity index (χ3n) is 4.55. The second-order valence-electron chi connectivity index (χ2n) is 7.08. The van der Waals surface area contributed by atoms with Gasteiger partial charge >= 0.3 is 0 Å². The van der Waals surface area contributed by atoms with Gasteiger partial charge in [0.05, 0.1) is 11.4 Å². The molecule has 0 atom stereocenters. The molecule has 0 fully saturated rings. The summed E-state index contributed by atoms with van der Waals surface area (Å²) in [6, 6.07) is 15.3. The number of carbonyl (C=O) groups is 2. The van der Waals surface area contributed by atoms with Crippen LogP contribution in [-0.4, -0.2) is 40.6 Å². The summed E-state index contributed by atoms with van der Waals surface area (Å²) in [5.74, 6) is -0.757. The molecule has 7 nitrogen and oxygen atoms in total. The highest BCUT2D eigenvalue weighted by atomic mass is 35.5. The zero-order chi connectivity index (χ0) is 23.4. The SMILES string of the molecule is Cc1nn(-c2cccc(Cl)c2)c(Cl)c1/C=C(\C#N)C(=O)Nc1ccc(C(=O)N(C)C)cc1. The summed E-state index contributed by atoms with van der Waals surface area (Å²) in [7, 11) is 3.31. The van der Waals surface area contributed by atoms with Gasteiger partial charge in [0, 0.05) is 35.9 Å². The zero-order valence-corrected chi connectivity index (χ0v) is 19.1. The minimum atomic E-state index is -0.606. The molecular weight excluding hydrogens is 449 g/mol. The average Bonchev–Trinajstić information content (AvgIpc) is 3.05. The first-order valence-electron chi connectivity index (χ1n) is 9.47. The average molecular weight is 468 g/mol. The van der Waals surface area contributed by atoms with Gasteiger partial charge in [0.1, 0.15) is 16.8 Å². The minimum absolute atomic E-state index is 0.144. The van der Waals surface area contributed by atoms with Crippen LogP contribution in [0.4, 0.5) is 5.69 Å². The molecule has 0 aliphatic carbocycles. The van der Waals surface area contributed by atoms with Crippen molar-refractivity contribution < 1.29 is 9.59 Å². The zero-order valence-electron chi connectivity index (χ0n) is 17.6. The molecule has 2 amide bonds. The number of halogens is 2. The second-order valence-corrected chi connectivity index (χ2v) is 7.88. The number of nitrogens with zero attached hydrogens (tertiary/aromatic N) is 4. The molecule has 0 aliphatic rings. The van der Waals surface area contributed by atoms with E-state index in [0.29, 0.717) is 33.2 Å². The molecule has 0 aliphatic heterocycles. The lowest BCUT2D eigenvalue weighted by molar-refractivity contribution is -0.112. The van der Waals surface area contributed by atoms with E-state index in [1.807, 2.05) is 6.07 Å². The van der Waals surface area contributed by atoms with Crippen molar-refractivity contribution in [1.82, 2.24) is 14.7 Å². The molecule has 0 saturated carbocycles. The van der Waals surface area contributed by atoms with Crippen LogP contribution in [0.5, 0.6) is 0 Å². The summed E-state index contributed by atoms with van der Waals surface area (Å²) < 4.78 is 1.49. The van der Waals surface area contributed by atoms with Crippen molar-refractivity contribution in [2.45, 2.75) is 6.92 Å². The van der Waals surface area contributed by atoms with Crippen LogP contribution in [0.25, 0.3) is 11.8 Å². The summed E-state index contributed by atoms with van der Waals surface area (Å²) in [4.78, 5) is 26.1. The number of hydrogen-bond acceptors (Lipinski definition) is 4. The van der Waals surface area contributed by atoms with Crippen LogP contribution >= 0.6 is 23.2 Å². The molecule has 32 heavy (non-hydrogen) atoms. The molecule has 1 aromatic heterocycles. The Kier molecular flexibility index (Phi) is 6.98. The molecule has 9 heteroatoms. The first-order valence-corrected chi connectivity index (χ1v) is 10.2. The van der Waals surface area contributed by atoms with Gasteiger partial charge in [-0.1, -0.05) is 29.3 Å². The smallest absolute Gasteiger partial charge is 0.266 e. The fourth-order valence-electron chi connectivity index (χ4n) is 2.90. The van der Waals surface area contributed by atoms with Crippen molar-refractivity contribution in [1.29, 1.82) is 5.26 Å². The van der Waals surface area contributed by atoms with E-state index in [0.717, 1.165) is 0 Å². The third kappa shape index (κ3) is 4.99. The number of aryl methyl sites for hydroxylation is 1. The predicted molar refractivity (Wildman–Crippen MR) is 125 cm³/mol. The Labute approximate surface area is 195 Å². The van der Waals surface area contributed by atoms with Gasteiger partial charge in [-0.05, 0) is 55.5 Å². The van der Waals surface area contributed by atoms with Crippen LogP contribution in [0.15, 0.2) is 54.1 Å². The van der Waals surface area contributed by atoms with Crippen molar-refractivity contribution in [3.05, 3.63) is 81.1 Å². The molecule has 2 aromatic carbocycles. The maximum Gasteiger partial charge on any atom is 0.266 e. The van der Waals surface area contributed by atoms with Gasteiger partial charge in [0.25, 0.3) is 11.8 Å². The van der Waals surface area contributed by atoms with Crippen LogP contribution in [-0.2, 0) is 4.79 Å². The molecule has 0 spiro atoms. The van der Waals surface area contributed by atoms with E-state index in [9.17, 15) is 14.9 Å². The Hall–Kier alpha value is -3.60. The van der Waals surface area contributed by atoms with Gasteiger partial charge in [-0.2, -0.15) is 10.4 Å². The van der Waals surface area contributed by atoms with Crippen molar-refractivity contribution in [2.24, 2.45) is 0 Å². The van der Waals surface area contributed by atoms with Gasteiger partial charge in [0.2, 0.25) is 0 Å². The molecular formula is C23H19Cl2N5O2. The highest BCUT2D eigenvalue weighted by molar-refractivity contribution is 6.32. The summed E-state index contributed by atoms with van der Waals surface area (Å²) >= 11 is 12.5. The van der Waals surface area contributed by atoms with Crippen molar-refractivity contribution in [3.63, 3.8) is 0 Å². The van der Waals surface area contributed by atoms with Crippen LogP contribution in [0, 0.1) is 18.3 Å². The number of carbonyl (C=O) groups excluding carboxylic acids is 2. The molecule has 0 radical (unpaired) electrons. The van der Waals surface area contributed by atoms with Crippen LogP contribution in [0.3, 0.4) is 0 Å². The fourth-order valence-corrected chi connectivity index (χ4v) is 3.41. The predicted octanol–water partition coefficient (Wildman–Crippen LogP) is 4.74. The van der Waals surface area contributed by atoms with E-state index in [4.69, 9.17) is 23.2 Å². The molecule has 1 heterocycles. The monoisotopic (exact) mass is 467 g/mol. The number of nitrogens with one attached hydrogen (secondary N) is 1. The second kappa shape index (κ2) is 9.69. The molecule has 3 aromatic rings. The lowest BCUT2D eigenvalue weighted by Gasteiger charge is -2.11. The highest BCUT2D eigenvalue weighted by Gasteiger charge is 2.17. The van der Waals surface area contributed by atoms with Crippen LogP contribution in [0.2, 0.25) is 10.2 Å². The number of nitriles is 1. The Morgan fingerprint density at radius 1 is 1.16 bits per heavy atom. The van der Waals surface area contributed by atoms with Crippen LogP contribution in [0.1, 0.15) is 21.6 Å². The van der Waals surface area contributed by atoms with Crippen molar-refractivity contribution in [2.75, 3.05) is 19.4 Å². The maximum atomic E-state index is 12.7.